The van der Waals surface area contributed by atoms with Gasteiger partial charge in [-0.05, 0) is 24.6 Å². The van der Waals surface area contributed by atoms with Gasteiger partial charge < -0.3 is 14.4 Å². The number of carbonyl (C=O) groups is 1. The summed E-state index contributed by atoms with van der Waals surface area (Å²) in [6.07, 6.45) is 7.88. The van der Waals surface area contributed by atoms with Crippen LogP contribution in [0.4, 0.5) is 0 Å². The third kappa shape index (κ3) is 5.56. The van der Waals surface area contributed by atoms with Gasteiger partial charge in [-0.25, -0.2) is 0 Å². The van der Waals surface area contributed by atoms with E-state index in [1.54, 1.807) is 26.0 Å². The third-order valence-corrected chi connectivity index (χ3v) is 5.90. The van der Waals surface area contributed by atoms with E-state index in [1.165, 1.54) is 25.7 Å². The van der Waals surface area contributed by atoms with Crippen molar-refractivity contribution in [3.8, 4) is 11.5 Å². The lowest BCUT2D eigenvalue weighted by Gasteiger charge is -2.26. The molecule has 1 heterocycles. The van der Waals surface area contributed by atoms with Crippen LogP contribution >= 0.6 is 11.8 Å². The molecule has 25 heavy (non-hydrogen) atoms. The highest BCUT2D eigenvalue weighted by Crippen LogP contribution is 2.43. The average molecular weight is 366 g/mol. The second-order valence-corrected chi connectivity index (χ2v) is 7.62. The maximum Gasteiger partial charge on any atom is 0.223 e. The third-order valence-electron chi connectivity index (χ3n) is 4.66. The van der Waals surface area contributed by atoms with Crippen LogP contribution in [0.25, 0.3) is 0 Å². The summed E-state index contributed by atoms with van der Waals surface area (Å²) in [6, 6.07) is 5.81. The number of ether oxygens (including phenoxy) is 2. The van der Waals surface area contributed by atoms with Gasteiger partial charge in [0.15, 0.2) is 0 Å². The monoisotopic (exact) mass is 365 g/mol. The van der Waals surface area contributed by atoms with Crippen LogP contribution < -0.4 is 9.47 Å². The van der Waals surface area contributed by atoms with Crippen molar-refractivity contribution in [2.45, 2.75) is 57.2 Å². The van der Waals surface area contributed by atoms with E-state index in [-0.39, 0.29) is 11.3 Å². The number of benzene rings is 1. The summed E-state index contributed by atoms with van der Waals surface area (Å²) in [6.45, 7) is 3.03. The smallest absolute Gasteiger partial charge is 0.223 e. The molecule has 140 valence electrons. The van der Waals surface area contributed by atoms with E-state index in [0.29, 0.717) is 6.42 Å². The molecule has 0 unspecified atom stereocenters. The van der Waals surface area contributed by atoms with Crippen LogP contribution in [0.3, 0.4) is 0 Å². The molecule has 0 N–H and O–H groups in total. The Kier molecular flexibility index (Phi) is 8.45. The Morgan fingerprint density at radius 1 is 1.16 bits per heavy atom. The summed E-state index contributed by atoms with van der Waals surface area (Å²) in [5.74, 6) is 2.84. The van der Waals surface area contributed by atoms with Crippen molar-refractivity contribution >= 4 is 17.7 Å². The summed E-state index contributed by atoms with van der Waals surface area (Å²) >= 11 is 1.80. The van der Waals surface area contributed by atoms with E-state index in [9.17, 15) is 4.79 Å². The standard InChI is InChI=1S/C20H31NO3S/c1-4-5-6-7-8-9-10-19(22)21-13-14-25-20(21)17-15-16(23-2)11-12-18(17)24-3/h11-12,15,20H,4-10,13-14H2,1-3H3/t20-/m1/s1. The number of thioether (sulfide) groups is 1. The topological polar surface area (TPSA) is 38.8 Å². The quantitative estimate of drug-likeness (QED) is 0.545. The van der Waals surface area contributed by atoms with Crippen LogP contribution in [0.15, 0.2) is 18.2 Å². The number of hydrogen-bond acceptors (Lipinski definition) is 4. The lowest BCUT2D eigenvalue weighted by atomic mass is 10.1. The molecule has 1 aromatic rings. The van der Waals surface area contributed by atoms with Gasteiger partial charge in [0.2, 0.25) is 5.91 Å². The Labute approximate surface area is 156 Å². The summed E-state index contributed by atoms with van der Waals surface area (Å²) in [5, 5.41) is 0.0256. The molecule has 4 nitrogen and oxygen atoms in total. The second-order valence-electron chi connectivity index (χ2n) is 6.44. The molecule has 0 aromatic heterocycles. The van der Waals surface area contributed by atoms with Crippen molar-refractivity contribution in [2.24, 2.45) is 0 Å². The van der Waals surface area contributed by atoms with Crippen molar-refractivity contribution in [2.75, 3.05) is 26.5 Å². The second kappa shape index (κ2) is 10.6. The van der Waals surface area contributed by atoms with Crippen LogP contribution in [0.2, 0.25) is 0 Å². The molecule has 0 aliphatic carbocycles. The number of rotatable bonds is 10. The first kappa shape index (κ1) is 20.0. The Balaban J connectivity index is 1.96. The highest BCUT2D eigenvalue weighted by atomic mass is 32.2. The van der Waals surface area contributed by atoms with Gasteiger partial charge in [-0.2, -0.15) is 0 Å². The fraction of sp³-hybridized carbons (Fsp3) is 0.650. The largest absolute Gasteiger partial charge is 0.497 e. The molecule has 1 atom stereocenters. The fourth-order valence-electron chi connectivity index (χ4n) is 3.22. The van der Waals surface area contributed by atoms with Crippen molar-refractivity contribution in [1.82, 2.24) is 4.90 Å². The fourth-order valence-corrected chi connectivity index (χ4v) is 4.51. The molecule has 0 saturated carbocycles. The SMILES string of the molecule is CCCCCCCCC(=O)N1CCS[C@@H]1c1cc(OC)ccc1OC. The highest BCUT2D eigenvalue weighted by Gasteiger charge is 2.32. The van der Waals surface area contributed by atoms with Crippen LogP contribution in [-0.2, 0) is 4.79 Å². The molecule has 1 saturated heterocycles. The van der Waals surface area contributed by atoms with E-state index in [1.807, 2.05) is 23.1 Å². The molecule has 1 amide bonds. The van der Waals surface area contributed by atoms with Gasteiger partial charge in [0, 0.05) is 24.3 Å². The minimum Gasteiger partial charge on any atom is -0.497 e. The molecular formula is C20H31NO3S. The Bertz CT molecular complexity index is 550. The lowest BCUT2D eigenvalue weighted by molar-refractivity contribution is -0.131. The first-order valence-electron chi connectivity index (χ1n) is 9.34. The van der Waals surface area contributed by atoms with E-state index in [0.717, 1.165) is 42.2 Å². The maximum absolute atomic E-state index is 12.7. The van der Waals surface area contributed by atoms with Crippen molar-refractivity contribution in [1.29, 1.82) is 0 Å². The van der Waals surface area contributed by atoms with Gasteiger partial charge >= 0.3 is 0 Å². The number of methoxy groups -OCH3 is 2. The van der Waals surface area contributed by atoms with Crippen LogP contribution in [0, 0.1) is 0 Å². The zero-order valence-corrected chi connectivity index (χ0v) is 16.6. The minimum atomic E-state index is 0.0256. The predicted octanol–water partition coefficient (Wildman–Crippen LogP) is 5.03. The molecule has 0 spiro atoms. The number of amides is 1. The molecule has 1 fully saturated rings. The van der Waals surface area contributed by atoms with E-state index < -0.39 is 0 Å². The number of carbonyl (C=O) groups excluding carboxylic acids is 1. The van der Waals surface area contributed by atoms with Gasteiger partial charge in [0.05, 0.1) is 14.2 Å². The summed E-state index contributed by atoms with van der Waals surface area (Å²) in [7, 11) is 3.34. The van der Waals surface area contributed by atoms with E-state index >= 15 is 0 Å². The first-order chi connectivity index (χ1) is 12.2. The molecule has 1 aromatic carbocycles. The van der Waals surface area contributed by atoms with Crippen LogP contribution in [0.5, 0.6) is 11.5 Å². The van der Waals surface area contributed by atoms with Crippen molar-refractivity contribution in [3.63, 3.8) is 0 Å². The zero-order valence-electron chi connectivity index (χ0n) is 15.8. The van der Waals surface area contributed by atoms with Gasteiger partial charge in [-0.3, -0.25) is 4.79 Å². The molecule has 0 bridgehead atoms. The van der Waals surface area contributed by atoms with Gasteiger partial charge in [0.1, 0.15) is 16.9 Å². The van der Waals surface area contributed by atoms with Gasteiger partial charge in [-0.15, -0.1) is 11.8 Å². The Morgan fingerprint density at radius 2 is 1.92 bits per heavy atom. The number of unbranched alkanes of at least 4 members (excludes halogenated alkanes) is 5. The normalized spacial score (nSPS) is 16.9. The van der Waals surface area contributed by atoms with Crippen molar-refractivity contribution in [3.05, 3.63) is 23.8 Å². The van der Waals surface area contributed by atoms with Gasteiger partial charge in [-0.1, -0.05) is 39.0 Å². The zero-order chi connectivity index (χ0) is 18.1. The Hall–Kier alpha value is -1.36. The molecule has 1 aliphatic rings. The Morgan fingerprint density at radius 3 is 2.64 bits per heavy atom. The minimum absolute atomic E-state index is 0.0256. The molecule has 1 aliphatic heterocycles. The summed E-state index contributed by atoms with van der Waals surface area (Å²) in [5.41, 5.74) is 1.03. The molecular weight excluding hydrogens is 334 g/mol. The van der Waals surface area contributed by atoms with Crippen molar-refractivity contribution < 1.29 is 14.3 Å². The van der Waals surface area contributed by atoms with E-state index in [2.05, 4.69) is 6.92 Å². The average Bonchev–Trinajstić information content (AvgIpc) is 3.13. The molecule has 0 radical (unpaired) electrons. The molecule has 5 heteroatoms. The van der Waals surface area contributed by atoms with Crippen LogP contribution in [-0.4, -0.2) is 37.3 Å². The first-order valence-corrected chi connectivity index (χ1v) is 10.4. The summed E-state index contributed by atoms with van der Waals surface area (Å²) < 4.78 is 10.9. The van der Waals surface area contributed by atoms with E-state index in [4.69, 9.17) is 9.47 Å². The number of nitrogens with zero attached hydrogens (tertiary/aromatic N) is 1. The number of hydrogen-bond donors (Lipinski definition) is 0. The summed E-state index contributed by atoms with van der Waals surface area (Å²) in [4.78, 5) is 14.7. The predicted molar refractivity (Wildman–Crippen MR) is 104 cm³/mol. The van der Waals surface area contributed by atoms with Crippen LogP contribution in [0.1, 0.15) is 62.8 Å². The lowest BCUT2D eigenvalue weighted by Crippen LogP contribution is -2.30. The van der Waals surface area contributed by atoms with Gasteiger partial charge in [0.25, 0.3) is 0 Å². The maximum atomic E-state index is 12.7. The molecule has 2 rings (SSSR count). The highest BCUT2D eigenvalue weighted by molar-refractivity contribution is 7.99.